The normalized spacial score (nSPS) is 18.3. The molecule has 2 aromatic rings. The van der Waals surface area contributed by atoms with E-state index in [9.17, 15) is 4.79 Å². The van der Waals surface area contributed by atoms with Crippen LogP contribution >= 0.6 is 0 Å². The number of urea groups is 1. The molecule has 1 fully saturated rings. The number of hydrogen-bond donors (Lipinski definition) is 1. The zero-order valence-corrected chi connectivity index (χ0v) is 13.5. The lowest BCUT2D eigenvalue weighted by Crippen LogP contribution is -2.47. The predicted octanol–water partition coefficient (Wildman–Crippen LogP) is 2.93. The number of hydrogen-bond acceptors (Lipinski definition) is 4. The average molecular weight is 317 g/mol. The second kappa shape index (κ2) is 7.46. The monoisotopic (exact) mass is 317 g/mol. The van der Waals surface area contributed by atoms with Crippen LogP contribution in [-0.4, -0.2) is 41.7 Å². The lowest BCUT2D eigenvalue weighted by Gasteiger charge is -2.32. The van der Waals surface area contributed by atoms with Gasteiger partial charge in [-0.05, 0) is 31.4 Å². The molecule has 1 aromatic carbocycles. The first-order chi connectivity index (χ1) is 11.3. The van der Waals surface area contributed by atoms with Crippen molar-refractivity contribution in [1.29, 1.82) is 0 Å². The van der Waals surface area contributed by atoms with E-state index in [1.54, 1.807) is 0 Å². The average Bonchev–Trinajstić information content (AvgIpc) is 3.01. The molecule has 0 radical (unpaired) electrons. The molecule has 0 unspecified atom stereocenters. The van der Waals surface area contributed by atoms with Gasteiger partial charge in [-0.25, -0.2) is 9.78 Å². The fourth-order valence-electron chi connectivity index (χ4n) is 2.80. The van der Waals surface area contributed by atoms with Gasteiger partial charge >= 0.3 is 6.03 Å². The van der Waals surface area contributed by atoms with Crippen LogP contribution in [0.15, 0.2) is 28.7 Å². The highest BCUT2D eigenvalue weighted by Gasteiger charge is 2.24. The fraction of sp³-hybridized carbons (Fsp3) is 0.529. The van der Waals surface area contributed by atoms with Crippen LogP contribution in [0.4, 0.5) is 4.79 Å². The summed E-state index contributed by atoms with van der Waals surface area (Å²) in [5, 5.41) is 2.88. The quantitative estimate of drug-likeness (QED) is 0.920. The number of likely N-dealkylation sites (tertiary alicyclic amines) is 1. The Bertz CT molecular complexity index is 622. The third-order valence-corrected chi connectivity index (χ3v) is 3.95. The van der Waals surface area contributed by atoms with Crippen LogP contribution < -0.4 is 5.32 Å². The van der Waals surface area contributed by atoms with Crippen LogP contribution in [0, 0.1) is 0 Å². The van der Waals surface area contributed by atoms with Gasteiger partial charge in [-0.2, -0.15) is 0 Å². The molecule has 1 saturated heterocycles. The Labute approximate surface area is 135 Å². The van der Waals surface area contributed by atoms with Crippen LogP contribution in [0.1, 0.15) is 32.1 Å². The van der Waals surface area contributed by atoms with E-state index >= 15 is 0 Å². The number of nitrogens with zero attached hydrogens (tertiary/aromatic N) is 2. The molecule has 2 amide bonds. The Kier molecular flexibility index (Phi) is 5.12. The van der Waals surface area contributed by atoms with Gasteiger partial charge in [-0.15, -0.1) is 0 Å². The van der Waals surface area contributed by atoms with Gasteiger partial charge in [0.25, 0.3) is 0 Å². The highest BCUT2D eigenvalue weighted by molar-refractivity contribution is 5.75. The van der Waals surface area contributed by atoms with Crippen molar-refractivity contribution in [3.05, 3.63) is 30.2 Å². The zero-order chi connectivity index (χ0) is 16.1. The molecule has 0 bridgehead atoms. The smallest absolute Gasteiger partial charge is 0.317 e. The standard InChI is InChI=1S/C17H23N3O3/c1-2-10-22-13-6-5-9-20(12-13)17(21)18-11-16-19-14-7-3-4-8-15(14)23-16/h3-4,7-8,13H,2,5-6,9-12H2,1H3,(H,18,21)/t13-/m1/s1. The van der Waals surface area contributed by atoms with E-state index < -0.39 is 0 Å². The molecular weight excluding hydrogens is 294 g/mol. The Balaban J connectivity index is 1.52. The van der Waals surface area contributed by atoms with Crippen molar-refractivity contribution in [2.24, 2.45) is 0 Å². The highest BCUT2D eigenvalue weighted by atomic mass is 16.5. The molecule has 1 N–H and O–H groups in total. The summed E-state index contributed by atoms with van der Waals surface area (Å²) in [4.78, 5) is 18.5. The van der Waals surface area contributed by atoms with Crippen LogP contribution in [0.5, 0.6) is 0 Å². The van der Waals surface area contributed by atoms with E-state index in [-0.39, 0.29) is 12.1 Å². The molecule has 1 atom stereocenters. The van der Waals surface area contributed by atoms with Gasteiger partial charge in [-0.3, -0.25) is 0 Å². The Morgan fingerprint density at radius 3 is 3.17 bits per heavy atom. The van der Waals surface area contributed by atoms with E-state index in [4.69, 9.17) is 9.15 Å². The summed E-state index contributed by atoms with van der Waals surface area (Å²) in [5.74, 6) is 0.523. The Morgan fingerprint density at radius 2 is 2.35 bits per heavy atom. The van der Waals surface area contributed by atoms with Crippen LogP contribution in [-0.2, 0) is 11.3 Å². The van der Waals surface area contributed by atoms with Crippen LogP contribution in [0.2, 0.25) is 0 Å². The van der Waals surface area contributed by atoms with Crippen molar-refractivity contribution in [1.82, 2.24) is 15.2 Å². The molecule has 0 spiro atoms. The number of carbonyl (C=O) groups is 1. The molecule has 6 nitrogen and oxygen atoms in total. The maximum atomic E-state index is 12.3. The summed E-state index contributed by atoms with van der Waals surface area (Å²) >= 11 is 0. The van der Waals surface area contributed by atoms with Gasteiger partial charge in [-0.1, -0.05) is 19.1 Å². The molecule has 1 aromatic heterocycles. The molecule has 2 heterocycles. The molecule has 23 heavy (non-hydrogen) atoms. The number of nitrogens with one attached hydrogen (secondary N) is 1. The number of ether oxygens (including phenoxy) is 1. The first-order valence-electron chi connectivity index (χ1n) is 8.25. The van der Waals surface area contributed by atoms with Crippen molar-refractivity contribution >= 4 is 17.1 Å². The largest absolute Gasteiger partial charge is 0.439 e. The molecule has 6 heteroatoms. The topological polar surface area (TPSA) is 67.6 Å². The summed E-state index contributed by atoms with van der Waals surface area (Å²) in [6, 6.07) is 7.49. The minimum Gasteiger partial charge on any atom is -0.439 e. The Morgan fingerprint density at radius 1 is 1.48 bits per heavy atom. The zero-order valence-electron chi connectivity index (χ0n) is 13.5. The molecule has 3 rings (SSSR count). The van der Waals surface area contributed by atoms with Gasteiger partial charge in [0.05, 0.1) is 12.6 Å². The number of oxazole rings is 1. The SMILES string of the molecule is CCCO[C@@H]1CCCN(C(=O)NCc2nc3ccccc3o2)C1. The molecule has 0 saturated carbocycles. The second-order valence-corrected chi connectivity index (χ2v) is 5.82. The van der Waals surface area contributed by atoms with E-state index in [1.807, 2.05) is 29.2 Å². The van der Waals surface area contributed by atoms with Crippen LogP contribution in [0.25, 0.3) is 11.1 Å². The first kappa shape index (κ1) is 15.8. The third-order valence-electron chi connectivity index (χ3n) is 3.95. The maximum Gasteiger partial charge on any atom is 0.317 e. The van der Waals surface area contributed by atoms with Crippen LogP contribution in [0.3, 0.4) is 0 Å². The van der Waals surface area contributed by atoms with E-state index in [0.29, 0.717) is 19.0 Å². The van der Waals surface area contributed by atoms with E-state index in [0.717, 1.165) is 43.5 Å². The lowest BCUT2D eigenvalue weighted by molar-refractivity contribution is 0.00996. The predicted molar refractivity (Wildman–Crippen MR) is 87.1 cm³/mol. The van der Waals surface area contributed by atoms with Crippen molar-refractivity contribution in [3.63, 3.8) is 0 Å². The van der Waals surface area contributed by atoms with Gasteiger partial charge in [0, 0.05) is 19.7 Å². The third kappa shape index (κ3) is 4.01. The van der Waals surface area contributed by atoms with Gasteiger partial charge < -0.3 is 19.4 Å². The van der Waals surface area contributed by atoms with Gasteiger partial charge in [0.2, 0.25) is 5.89 Å². The minimum absolute atomic E-state index is 0.0861. The molecule has 1 aliphatic heterocycles. The van der Waals surface area contributed by atoms with Gasteiger partial charge in [0.1, 0.15) is 5.52 Å². The number of rotatable bonds is 5. The minimum atomic E-state index is -0.0861. The van der Waals surface area contributed by atoms with Crippen molar-refractivity contribution in [2.75, 3.05) is 19.7 Å². The summed E-state index contributed by atoms with van der Waals surface area (Å²) in [6.07, 6.45) is 3.15. The van der Waals surface area contributed by atoms with E-state index in [2.05, 4.69) is 17.2 Å². The second-order valence-electron chi connectivity index (χ2n) is 5.82. The number of piperidine rings is 1. The summed E-state index contributed by atoms with van der Waals surface area (Å²) in [6.45, 7) is 4.56. The number of para-hydroxylation sites is 2. The molecule has 124 valence electrons. The number of carbonyl (C=O) groups excluding carboxylic acids is 1. The molecule has 1 aliphatic rings. The number of aromatic nitrogens is 1. The maximum absolute atomic E-state index is 12.3. The fourth-order valence-corrected chi connectivity index (χ4v) is 2.80. The van der Waals surface area contributed by atoms with Crippen molar-refractivity contribution in [2.45, 2.75) is 38.8 Å². The lowest BCUT2D eigenvalue weighted by atomic mass is 10.1. The molecular formula is C17H23N3O3. The summed E-state index contributed by atoms with van der Waals surface area (Å²) in [7, 11) is 0. The highest BCUT2D eigenvalue weighted by Crippen LogP contribution is 2.16. The summed E-state index contributed by atoms with van der Waals surface area (Å²) in [5.41, 5.74) is 1.55. The number of fused-ring (bicyclic) bond motifs is 1. The van der Waals surface area contributed by atoms with E-state index in [1.165, 1.54) is 0 Å². The Hall–Kier alpha value is -2.08. The molecule has 0 aliphatic carbocycles. The first-order valence-corrected chi connectivity index (χ1v) is 8.25. The van der Waals surface area contributed by atoms with Crippen molar-refractivity contribution < 1.29 is 13.9 Å². The summed E-state index contributed by atoms with van der Waals surface area (Å²) < 4.78 is 11.4. The van der Waals surface area contributed by atoms with Crippen molar-refractivity contribution in [3.8, 4) is 0 Å². The van der Waals surface area contributed by atoms with Gasteiger partial charge in [0.15, 0.2) is 5.58 Å². The number of benzene rings is 1. The number of amides is 2.